The van der Waals surface area contributed by atoms with Crippen LogP contribution in [0.1, 0.15) is 18.2 Å². The van der Waals surface area contributed by atoms with E-state index < -0.39 is 12.2 Å². The minimum Gasteiger partial charge on any atom is -0.390 e. The van der Waals surface area contributed by atoms with E-state index in [1.807, 2.05) is 0 Å². The number of nitrogens with zero attached hydrogens (tertiary/aromatic N) is 2. The summed E-state index contributed by atoms with van der Waals surface area (Å²) < 4.78 is 0. The van der Waals surface area contributed by atoms with Crippen molar-refractivity contribution in [3.63, 3.8) is 0 Å². The number of aromatic nitrogens is 2. The minimum absolute atomic E-state index is 0.0699. The fourth-order valence-electron chi connectivity index (χ4n) is 1.06. The number of hydrogen-bond acceptors (Lipinski definition) is 5. The molecule has 0 saturated heterocycles. The van der Waals surface area contributed by atoms with Gasteiger partial charge in [-0.05, 0) is 6.42 Å². The van der Waals surface area contributed by atoms with E-state index in [1.165, 1.54) is 6.20 Å². The largest absolute Gasteiger partial charge is 0.390 e. The fraction of sp³-hybridized carbons (Fsp3) is 0.500. The highest BCUT2D eigenvalue weighted by atomic mass is 79.9. The Bertz CT molecular complexity index is 340. The first-order valence-corrected chi connectivity index (χ1v) is 5.76. The van der Waals surface area contributed by atoms with E-state index in [-0.39, 0.29) is 16.7 Å². The molecular weight excluding hydrogens is 285 g/mol. The molecule has 2 unspecified atom stereocenters. The molecule has 0 amide bonds. The molecule has 1 aromatic heterocycles. The smallest absolute Gasteiger partial charge is 0.148 e. The van der Waals surface area contributed by atoms with Crippen LogP contribution < -0.4 is 5.73 Å². The number of halogens is 2. The van der Waals surface area contributed by atoms with Gasteiger partial charge in [0.15, 0.2) is 0 Å². The van der Waals surface area contributed by atoms with Crippen molar-refractivity contribution in [2.45, 2.75) is 18.6 Å². The normalized spacial score (nSPS) is 14.9. The summed E-state index contributed by atoms with van der Waals surface area (Å²) in [4.78, 5) is 7.57. The van der Waals surface area contributed by atoms with E-state index in [0.717, 1.165) is 0 Å². The van der Waals surface area contributed by atoms with Crippen molar-refractivity contribution in [3.05, 3.63) is 17.0 Å². The Balaban J connectivity index is 2.89. The zero-order valence-corrected chi connectivity index (χ0v) is 10.1. The van der Waals surface area contributed by atoms with Crippen molar-refractivity contribution in [1.82, 2.24) is 9.97 Å². The molecule has 0 radical (unpaired) electrons. The molecule has 0 aliphatic carbocycles. The first-order valence-electron chi connectivity index (χ1n) is 4.26. The Morgan fingerprint density at radius 1 is 1.53 bits per heavy atom. The molecule has 1 rings (SSSR count). The van der Waals surface area contributed by atoms with Crippen LogP contribution in [-0.4, -0.2) is 31.6 Å². The number of hydrogen-bond donors (Lipinski definition) is 3. The molecule has 0 saturated carbocycles. The van der Waals surface area contributed by atoms with Crippen LogP contribution in [0.15, 0.2) is 6.20 Å². The van der Waals surface area contributed by atoms with Gasteiger partial charge in [-0.2, -0.15) is 0 Å². The van der Waals surface area contributed by atoms with Crippen molar-refractivity contribution >= 4 is 33.3 Å². The number of aliphatic hydroxyl groups excluding tert-OH is 2. The topological polar surface area (TPSA) is 92.3 Å². The molecule has 0 bridgehead atoms. The number of aliphatic hydroxyl groups is 2. The Morgan fingerprint density at radius 2 is 2.20 bits per heavy atom. The van der Waals surface area contributed by atoms with E-state index in [9.17, 15) is 10.2 Å². The summed E-state index contributed by atoms with van der Waals surface area (Å²) in [6, 6.07) is 0. The van der Waals surface area contributed by atoms with E-state index in [2.05, 4.69) is 25.9 Å². The van der Waals surface area contributed by atoms with Crippen LogP contribution in [0.25, 0.3) is 0 Å². The zero-order chi connectivity index (χ0) is 11.4. The van der Waals surface area contributed by atoms with Crippen LogP contribution in [0.2, 0.25) is 5.15 Å². The summed E-state index contributed by atoms with van der Waals surface area (Å²) in [5.74, 6) is 0.0699. The van der Waals surface area contributed by atoms with Gasteiger partial charge >= 0.3 is 0 Å². The molecule has 0 aromatic carbocycles. The second-order valence-corrected chi connectivity index (χ2v) is 4.13. The molecule has 2 atom stereocenters. The number of nitrogens with two attached hydrogens (primary N) is 1. The number of anilines is 1. The quantitative estimate of drug-likeness (QED) is 0.718. The molecule has 0 aliphatic rings. The second kappa shape index (κ2) is 5.60. The van der Waals surface area contributed by atoms with E-state index in [4.69, 9.17) is 17.3 Å². The number of alkyl halides is 1. The summed E-state index contributed by atoms with van der Waals surface area (Å²) in [6.45, 7) is 0. The first kappa shape index (κ1) is 12.6. The van der Waals surface area contributed by atoms with Crippen LogP contribution in [0.5, 0.6) is 0 Å². The monoisotopic (exact) mass is 295 g/mol. The summed E-state index contributed by atoms with van der Waals surface area (Å²) in [7, 11) is 0. The highest BCUT2D eigenvalue weighted by Gasteiger charge is 2.22. The third-order valence-corrected chi connectivity index (χ3v) is 2.49. The maximum Gasteiger partial charge on any atom is 0.148 e. The van der Waals surface area contributed by atoms with Crippen LogP contribution in [0.3, 0.4) is 0 Å². The van der Waals surface area contributed by atoms with Gasteiger partial charge in [0, 0.05) is 5.33 Å². The Labute approximate surface area is 100 Å². The fourth-order valence-corrected chi connectivity index (χ4v) is 1.67. The maximum atomic E-state index is 9.71. The Hall–Kier alpha value is -0.430. The van der Waals surface area contributed by atoms with Gasteiger partial charge in [-0.15, -0.1) is 0 Å². The van der Waals surface area contributed by atoms with Gasteiger partial charge in [0.25, 0.3) is 0 Å². The van der Waals surface area contributed by atoms with E-state index >= 15 is 0 Å². The van der Waals surface area contributed by atoms with Crippen LogP contribution in [0.4, 0.5) is 5.82 Å². The van der Waals surface area contributed by atoms with Crippen molar-refractivity contribution in [2.24, 2.45) is 0 Å². The lowest BCUT2D eigenvalue weighted by Gasteiger charge is -2.17. The SMILES string of the molecule is Nc1ncc(Cl)nc1C(O)C(O)CCBr. The molecule has 0 spiro atoms. The summed E-state index contributed by atoms with van der Waals surface area (Å²) >= 11 is 8.77. The third kappa shape index (κ3) is 3.27. The van der Waals surface area contributed by atoms with Crippen molar-refractivity contribution in [2.75, 3.05) is 11.1 Å². The molecule has 7 heteroatoms. The highest BCUT2D eigenvalue weighted by molar-refractivity contribution is 9.09. The summed E-state index contributed by atoms with van der Waals surface area (Å²) in [5, 5.41) is 20.0. The second-order valence-electron chi connectivity index (χ2n) is 2.95. The van der Waals surface area contributed by atoms with Crippen molar-refractivity contribution < 1.29 is 10.2 Å². The minimum atomic E-state index is -1.17. The van der Waals surface area contributed by atoms with Gasteiger partial charge in [0.05, 0.1) is 12.3 Å². The van der Waals surface area contributed by atoms with Crippen molar-refractivity contribution in [3.8, 4) is 0 Å². The Morgan fingerprint density at radius 3 is 2.80 bits per heavy atom. The van der Waals surface area contributed by atoms with Gasteiger partial charge in [-0.3, -0.25) is 0 Å². The zero-order valence-electron chi connectivity index (χ0n) is 7.77. The van der Waals surface area contributed by atoms with Crippen LogP contribution >= 0.6 is 27.5 Å². The molecule has 15 heavy (non-hydrogen) atoms. The molecule has 4 N–H and O–H groups in total. The lowest BCUT2D eigenvalue weighted by molar-refractivity contribution is 0.0151. The third-order valence-electron chi connectivity index (χ3n) is 1.85. The predicted octanol–water partition coefficient (Wildman–Crippen LogP) is 0.891. The lowest BCUT2D eigenvalue weighted by atomic mass is 10.1. The Kier molecular flexibility index (Phi) is 4.72. The first-order chi connectivity index (χ1) is 7.06. The van der Waals surface area contributed by atoms with Gasteiger partial charge < -0.3 is 15.9 Å². The highest BCUT2D eigenvalue weighted by Crippen LogP contribution is 2.22. The maximum absolute atomic E-state index is 9.71. The average Bonchev–Trinajstić information content (AvgIpc) is 2.21. The molecule has 1 aromatic rings. The summed E-state index contributed by atoms with van der Waals surface area (Å²) in [5.41, 5.74) is 5.62. The van der Waals surface area contributed by atoms with E-state index in [0.29, 0.717) is 11.8 Å². The lowest BCUT2D eigenvalue weighted by Crippen LogP contribution is -2.21. The van der Waals surface area contributed by atoms with Gasteiger partial charge in [0.1, 0.15) is 22.8 Å². The van der Waals surface area contributed by atoms with Crippen LogP contribution in [-0.2, 0) is 0 Å². The molecule has 1 heterocycles. The van der Waals surface area contributed by atoms with Gasteiger partial charge in [-0.25, -0.2) is 9.97 Å². The number of nitrogen functional groups attached to an aromatic ring is 1. The molecule has 84 valence electrons. The molecule has 0 aliphatic heterocycles. The van der Waals surface area contributed by atoms with Crippen LogP contribution in [0, 0.1) is 0 Å². The number of rotatable bonds is 4. The summed E-state index contributed by atoms with van der Waals surface area (Å²) in [6.07, 6.45) is -0.452. The van der Waals surface area contributed by atoms with E-state index in [1.54, 1.807) is 0 Å². The van der Waals surface area contributed by atoms with Gasteiger partial charge in [0.2, 0.25) is 0 Å². The average molecular weight is 297 g/mol. The standard InChI is InChI=1S/C8H11BrClN3O2/c9-2-1-4(14)7(15)6-8(11)12-3-5(10)13-6/h3-4,7,14-15H,1-2H2,(H2,11,12). The van der Waals surface area contributed by atoms with Crippen molar-refractivity contribution in [1.29, 1.82) is 0 Å². The molecular formula is C8H11BrClN3O2. The van der Waals surface area contributed by atoms with Gasteiger partial charge in [-0.1, -0.05) is 27.5 Å². The predicted molar refractivity (Wildman–Crippen MR) is 60.8 cm³/mol. The molecule has 5 nitrogen and oxygen atoms in total. The molecule has 0 fully saturated rings.